The van der Waals surface area contributed by atoms with Crippen molar-refractivity contribution in [2.24, 2.45) is 0 Å². The summed E-state index contributed by atoms with van der Waals surface area (Å²) in [5.41, 5.74) is 7.62. The molecule has 0 aliphatic rings. The molecule has 6 heteroatoms. The van der Waals surface area contributed by atoms with E-state index < -0.39 is 0 Å². The van der Waals surface area contributed by atoms with Crippen molar-refractivity contribution in [3.8, 4) is 0 Å². The number of nitrogen functional groups attached to an aromatic ring is 1. The van der Waals surface area contributed by atoms with Crippen molar-refractivity contribution in [3.05, 3.63) is 35.7 Å². The van der Waals surface area contributed by atoms with Gasteiger partial charge in [0.15, 0.2) is 0 Å². The van der Waals surface area contributed by atoms with E-state index in [2.05, 4.69) is 25.6 Å². The van der Waals surface area contributed by atoms with Crippen LogP contribution in [-0.4, -0.2) is 28.0 Å². The van der Waals surface area contributed by atoms with Gasteiger partial charge >= 0.3 is 0 Å². The number of nitrogens with one attached hydrogen (secondary N) is 2. The Bertz CT molecular complexity index is 532. The highest BCUT2D eigenvalue weighted by molar-refractivity contribution is 5.40. The fraction of sp³-hybridized carbons (Fsp3) is 0.357. The molecule has 2 heterocycles. The SMILES string of the molecule is Cc1ccc(NCCCNc2cc(C)nc(N)n2)nc1. The van der Waals surface area contributed by atoms with Gasteiger partial charge in [-0.1, -0.05) is 6.07 Å². The maximum absolute atomic E-state index is 5.60. The van der Waals surface area contributed by atoms with Crippen LogP contribution in [0.2, 0.25) is 0 Å². The maximum Gasteiger partial charge on any atom is 0.222 e. The predicted molar refractivity (Wildman–Crippen MR) is 81.8 cm³/mol. The van der Waals surface area contributed by atoms with Gasteiger partial charge in [0.2, 0.25) is 5.95 Å². The van der Waals surface area contributed by atoms with Crippen molar-refractivity contribution in [1.82, 2.24) is 15.0 Å². The molecular weight excluding hydrogens is 252 g/mol. The Morgan fingerprint density at radius 2 is 1.80 bits per heavy atom. The summed E-state index contributed by atoms with van der Waals surface area (Å²) in [7, 11) is 0. The van der Waals surface area contributed by atoms with Crippen LogP contribution in [0.4, 0.5) is 17.6 Å². The molecule has 0 bridgehead atoms. The van der Waals surface area contributed by atoms with Crippen LogP contribution >= 0.6 is 0 Å². The number of nitrogens with zero attached hydrogens (tertiary/aromatic N) is 3. The fourth-order valence-corrected chi connectivity index (χ4v) is 1.78. The first-order chi connectivity index (χ1) is 9.63. The van der Waals surface area contributed by atoms with Gasteiger partial charge < -0.3 is 16.4 Å². The third kappa shape index (κ3) is 4.38. The topological polar surface area (TPSA) is 88.8 Å². The molecule has 0 radical (unpaired) electrons. The summed E-state index contributed by atoms with van der Waals surface area (Å²) in [6.07, 6.45) is 2.81. The number of anilines is 3. The van der Waals surface area contributed by atoms with E-state index in [0.29, 0.717) is 5.95 Å². The Balaban J connectivity index is 1.70. The van der Waals surface area contributed by atoms with E-state index in [4.69, 9.17) is 5.73 Å². The smallest absolute Gasteiger partial charge is 0.222 e. The van der Waals surface area contributed by atoms with E-state index >= 15 is 0 Å². The molecule has 0 atom stereocenters. The molecule has 0 saturated heterocycles. The van der Waals surface area contributed by atoms with Crippen molar-refractivity contribution in [2.75, 3.05) is 29.5 Å². The third-order valence-electron chi connectivity index (χ3n) is 2.75. The van der Waals surface area contributed by atoms with Crippen LogP contribution in [0.15, 0.2) is 24.4 Å². The highest BCUT2D eigenvalue weighted by Gasteiger charge is 1.98. The molecule has 0 aromatic carbocycles. The molecule has 0 fully saturated rings. The summed E-state index contributed by atoms with van der Waals surface area (Å²) in [4.78, 5) is 12.4. The second-order valence-electron chi connectivity index (χ2n) is 4.68. The zero-order chi connectivity index (χ0) is 14.4. The minimum Gasteiger partial charge on any atom is -0.370 e. The Morgan fingerprint density at radius 1 is 1.05 bits per heavy atom. The fourth-order valence-electron chi connectivity index (χ4n) is 1.78. The number of pyridine rings is 1. The number of rotatable bonds is 6. The first-order valence-electron chi connectivity index (χ1n) is 6.65. The molecule has 106 valence electrons. The monoisotopic (exact) mass is 272 g/mol. The number of hydrogen-bond acceptors (Lipinski definition) is 6. The van der Waals surface area contributed by atoms with Gasteiger partial charge in [-0.2, -0.15) is 4.98 Å². The normalized spacial score (nSPS) is 10.3. The summed E-state index contributed by atoms with van der Waals surface area (Å²) in [6.45, 7) is 5.58. The molecule has 2 rings (SSSR count). The van der Waals surface area contributed by atoms with Crippen LogP contribution in [0.25, 0.3) is 0 Å². The number of aromatic nitrogens is 3. The van der Waals surface area contributed by atoms with Gasteiger partial charge in [0, 0.05) is 31.0 Å². The zero-order valence-corrected chi connectivity index (χ0v) is 11.8. The summed E-state index contributed by atoms with van der Waals surface area (Å²) in [6, 6.07) is 5.91. The molecule has 0 saturated carbocycles. The summed E-state index contributed by atoms with van der Waals surface area (Å²) in [5.74, 6) is 1.97. The molecule has 20 heavy (non-hydrogen) atoms. The Kier molecular flexibility index (Phi) is 4.70. The van der Waals surface area contributed by atoms with Gasteiger partial charge in [-0.25, -0.2) is 9.97 Å². The van der Waals surface area contributed by atoms with Gasteiger partial charge in [-0.15, -0.1) is 0 Å². The second-order valence-corrected chi connectivity index (χ2v) is 4.68. The van der Waals surface area contributed by atoms with Gasteiger partial charge in [-0.3, -0.25) is 0 Å². The molecule has 0 aliphatic heterocycles. The van der Waals surface area contributed by atoms with Crippen LogP contribution in [0, 0.1) is 13.8 Å². The number of aryl methyl sites for hydroxylation is 2. The van der Waals surface area contributed by atoms with Gasteiger partial charge in [0.25, 0.3) is 0 Å². The Labute approximate surface area is 118 Å². The predicted octanol–water partition coefficient (Wildman–Crippen LogP) is 1.98. The van der Waals surface area contributed by atoms with Crippen LogP contribution < -0.4 is 16.4 Å². The molecule has 2 aromatic rings. The molecule has 0 unspecified atom stereocenters. The van der Waals surface area contributed by atoms with Gasteiger partial charge in [0.05, 0.1) is 0 Å². The highest BCUT2D eigenvalue weighted by Crippen LogP contribution is 2.07. The van der Waals surface area contributed by atoms with Gasteiger partial charge in [0.1, 0.15) is 11.6 Å². The second kappa shape index (κ2) is 6.70. The molecule has 0 amide bonds. The van der Waals surface area contributed by atoms with E-state index in [-0.39, 0.29) is 0 Å². The van der Waals surface area contributed by atoms with Crippen LogP contribution in [0.3, 0.4) is 0 Å². The van der Waals surface area contributed by atoms with Crippen LogP contribution in [0.5, 0.6) is 0 Å². The highest BCUT2D eigenvalue weighted by atomic mass is 15.1. The lowest BCUT2D eigenvalue weighted by Gasteiger charge is -2.08. The van der Waals surface area contributed by atoms with Crippen molar-refractivity contribution in [1.29, 1.82) is 0 Å². The number of hydrogen-bond donors (Lipinski definition) is 3. The lowest BCUT2D eigenvalue weighted by molar-refractivity contribution is 0.896. The number of nitrogens with two attached hydrogens (primary N) is 1. The lowest BCUT2D eigenvalue weighted by atomic mass is 10.3. The van der Waals surface area contributed by atoms with Crippen LogP contribution in [-0.2, 0) is 0 Å². The van der Waals surface area contributed by atoms with Crippen molar-refractivity contribution >= 4 is 17.6 Å². The standard InChI is InChI=1S/C14H20N6/c1-10-4-5-12(18-9-10)16-6-3-7-17-13-8-11(2)19-14(15)20-13/h4-5,8-9H,3,6-7H2,1-2H3,(H,16,18)(H3,15,17,19,20). The van der Waals surface area contributed by atoms with Gasteiger partial charge in [-0.05, 0) is 31.9 Å². The lowest BCUT2D eigenvalue weighted by Crippen LogP contribution is -2.11. The summed E-state index contributed by atoms with van der Waals surface area (Å²) >= 11 is 0. The first-order valence-corrected chi connectivity index (χ1v) is 6.65. The summed E-state index contributed by atoms with van der Waals surface area (Å²) in [5, 5.41) is 6.50. The van der Waals surface area contributed by atoms with E-state index in [1.807, 2.05) is 38.2 Å². The Morgan fingerprint density at radius 3 is 2.45 bits per heavy atom. The van der Waals surface area contributed by atoms with Crippen LogP contribution in [0.1, 0.15) is 17.7 Å². The molecule has 0 aliphatic carbocycles. The molecule has 6 nitrogen and oxygen atoms in total. The van der Waals surface area contributed by atoms with E-state index in [1.165, 1.54) is 0 Å². The molecule has 0 spiro atoms. The van der Waals surface area contributed by atoms with E-state index in [0.717, 1.165) is 42.4 Å². The third-order valence-corrected chi connectivity index (χ3v) is 2.75. The van der Waals surface area contributed by atoms with Crippen molar-refractivity contribution in [2.45, 2.75) is 20.3 Å². The van der Waals surface area contributed by atoms with E-state index in [9.17, 15) is 0 Å². The first kappa shape index (κ1) is 14.0. The average Bonchev–Trinajstić information content (AvgIpc) is 2.39. The molecule has 2 aromatic heterocycles. The van der Waals surface area contributed by atoms with Crippen molar-refractivity contribution in [3.63, 3.8) is 0 Å². The average molecular weight is 272 g/mol. The minimum absolute atomic E-state index is 0.300. The maximum atomic E-state index is 5.60. The quantitative estimate of drug-likeness (QED) is 0.697. The van der Waals surface area contributed by atoms with Crippen molar-refractivity contribution < 1.29 is 0 Å². The Hall–Kier alpha value is -2.37. The minimum atomic E-state index is 0.300. The molecule has 4 N–H and O–H groups in total. The molecular formula is C14H20N6. The largest absolute Gasteiger partial charge is 0.370 e. The summed E-state index contributed by atoms with van der Waals surface area (Å²) < 4.78 is 0. The van der Waals surface area contributed by atoms with E-state index in [1.54, 1.807) is 0 Å². The zero-order valence-electron chi connectivity index (χ0n) is 11.8.